The molecule has 4 nitrogen and oxygen atoms in total. The summed E-state index contributed by atoms with van der Waals surface area (Å²) in [6.07, 6.45) is -6.68. The van der Waals surface area contributed by atoms with Gasteiger partial charge in [0.15, 0.2) is 6.17 Å². The zero-order chi connectivity index (χ0) is 14.8. The summed E-state index contributed by atoms with van der Waals surface area (Å²) >= 11 is 0. The minimum absolute atomic E-state index is 0.0686. The average molecular weight is 281 g/mol. The molecule has 2 atom stereocenters. The highest BCUT2D eigenvalue weighted by Crippen LogP contribution is 2.26. The van der Waals surface area contributed by atoms with Crippen molar-refractivity contribution in [3.05, 3.63) is 0 Å². The number of alkyl halides is 3. The van der Waals surface area contributed by atoms with Gasteiger partial charge in [-0.15, -0.1) is 0 Å². The number of carbonyl (C=O) groups is 2. The monoisotopic (exact) mass is 281 g/mol. The molecule has 0 aliphatic carbocycles. The van der Waals surface area contributed by atoms with Crippen LogP contribution in [0, 0.1) is 5.92 Å². The number of ether oxygens (including phenoxy) is 1. The lowest BCUT2D eigenvalue weighted by atomic mass is 10.0. The van der Waals surface area contributed by atoms with Gasteiger partial charge >= 0.3 is 6.09 Å². The third kappa shape index (κ3) is 4.72. The van der Waals surface area contributed by atoms with E-state index in [1.54, 1.807) is 20.8 Å². The molecule has 1 aliphatic heterocycles. The second-order valence-electron chi connectivity index (χ2n) is 5.64. The molecule has 7 heteroatoms. The number of likely N-dealkylation sites (tertiary alicyclic amines) is 1. The maximum absolute atomic E-state index is 12.9. The van der Waals surface area contributed by atoms with Crippen LogP contribution in [0.3, 0.4) is 0 Å². The fourth-order valence-electron chi connectivity index (χ4n) is 1.85. The number of halogens is 3. The van der Waals surface area contributed by atoms with Gasteiger partial charge < -0.3 is 4.74 Å². The van der Waals surface area contributed by atoms with E-state index in [-0.39, 0.29) is 13.0 Å². The van der Waals surface area contributed by atoms with Crippen molar-refractivity contribution in [2.24, 2.45) is 5.92 Å². The quantitative estimate of drug-likeness (QED) is 0.799. The Morgan fingerprint density at radius 1 is 1.42 bits per heavy atom. The van der Waals surface area contributed by atoms with Crippen LogP contribution in [-0.4, -0.2) is 41.6 Å². The van der Waals surface area contributed by atoms with Crippen molar-refractivity contribution in [2.75, 3.05) is 6.54 Å². The molecule has 2 amide bonds. The van der Waals surface area contributed by atoms with Crippen molar-refractivity contribution in [2.45, 2.75) is 51.8 Å². The number of nitrogens with zero attached hydrogens (tertiary/aromatic N) is 1. The van der Waals surface area contributed by atoms with Gasteiger partial charge in [0.2, 0.25) is 5.91 Å². The van der Waals surface area contributed by atoms with Gasteiger partial charge in [-0.3, -0.25) is 4.79 Å². The molecule has 0 N–H and O–H groups in total. The highest BCUT2D eigenvalue weighted by Gasteiger charge is 2.38. The van der Waals surface area contributed by atoms with E-state index in [1.165, 1.54) is 0 Å². The Morgan fingerprint density at radius 2 is 2.00 bits per heavy atom. The molecule has 1 fully saturated rings. The summed E-state index contributed by atoms with van der Waals surface area (Å²) in [4.78, 5) is 24.1. The number of rotatable bonds is 3. The molecule has 2 unspecified atom stereocenters. The molecule has 1 rings (SSSR count). The van der Waals surface area contributed by atoms with Crippen molar-refractivity contribution in [3.63, 3.8) is 0 Å². The van der Waals surface area contributed by atoms with Crippen LogP contribution >= 0.6 is 0 Å². The molecule has 110 valence electrons. The molecule has 0 aromatic heterocycles. The van der Waals surface area contributed by atoms with Crippen molar-refractivity contribution in [1.29, 1.82) is 0 Å². The van der Waals surface area contributed by atoms with Crippen molar-refractivity contribution >= 4 is 12.0 Å². The molecule has 0 aromatic carbocycles. The van der Waals surface area contributed by atoms with Gasteiger partial charge in [-0.25, -0.2) is 22.9 Å². The van der Waals surface area contributed by atoms with Gasteiger partial charge in [0.05, 0.1) is 0 Å². The van der Waals surface area contributed by atoms with Crippen LogP contribution in [0.25, 0.3) is 0 Å². The number of imide groups is 1. The summed E-state index contributed by atoms with van der Waals surface area (Å²) in [6, 6.07) is 0. The molecule has 19 heavy (non-hydrogen) atoms. The molecule has 1 heterocycles. The first-order chi connectivity index (χ1) is 8.60. The smallest absolute Gasteiger partial charge is 0.417 e. The first-order valence-corrected chi connectivity index (χ1v) is 6.05. The fraction of sp³-hybridized carbons (Fsp3) is 0.833. The van der Waals surface area contributed by atoms with E-state index in [9.17, 15) is 22.8 Å². The predicted octanol–water partition coefficient (Wildman–Crippen LogP) is 2.76. The molecule has 0 bridgehead atoms. The zero-order valence-corrected chi connectivity index (χ0v) is 11.2. The van der Waals surface area contributed by atoms with E-state index in [4.69, 9.17) is 4.74 Å². The lowest BCUT2D eigenvalue weighted by Gasteiger charge is -2.23. The van der Waals surface area contributed by atoms with Gasteiger partial charge in [0.1, 0.15) is 5.60 Å². The SMILES string of the molecule is CC(C)(C)OC(=O)N1CC(CC(F)C(F)F)CC1=O. The molecule has 1 saturated heterocycles. The van der Waals surface area contributed by atoms with Gasteiger partial charge in [-0.2, -0.15) is 0 Å². The largest absolute Gasteiger partial charge is 0.443 e. The van der Waals surface area contributed by atoms with E-state index in [1.807, 2.05) is 0 Å². The Kier molecular flexibility index (Phi) is 4.81. The van der Waals surface area contributed by atoms with Gasteiger partial charge in [0.25, 0.3) is 6.43 Å². The average Bonchev–Trinajstić information content (AvgIpc) is 2.56. The van der Waals surface area contributed by atoms with Crippen LogP contribution in [0.1, 0.15) is 33.6 Å². The number of hydrogen-bond acceptors (Lipinski definition) is 3. The Labute approximate surface area is 109 Å². The number of carbonyl (C=O) groups excluding carboxylic acids is 2. The summed E-state index contributed by atoms with van der Waals surface area (Å²) in [5.74, 6) is -1.09. The van der Waals surface area contributed by atoms with Crippen LogP contribution in [0.2, 0.25) is 0 Å². The number of amides is 2. The van der Waals surface area contributed by atoms with Crippen LogP contribution in [0.15, 0.2) is 0 Å². The number of hydrogen-bond donors (Lipinski definition) is 0. The second-order valence-corrected chi connectivity index (χ2v) is 5.64. The van der Waals surface area contributed by atoms with Gasteiger partial charge in [-0.1, -0.05) is 0 Å². The van der Waals surface area contributed by atoms with Crippen LogP contribution in [0.5, 0.6) is 0 Å². The Balaban J connectivity index is 2.56. The summed E-state index contributed by atoms with van der Waals surface area (Å²) in [5, 5.41) is 0. The van der Waals surface area contributed by atoms with E-state index < -0.39 is 42.5 Å². The lowest BCUT2D eigenvalue weighted by Crippen LogP contribution is -2.37. The Hall–Kier alpha value is -1.27. The molecule has 0 saturated carbocycles. The first-order valence-electron chi connectivity index (χ1n) is 6.05. The normalized spacial score (nSPS) is 21.9. The zero-order valence-electron chi connectivity index (χ0n) is 11.2. The third-order valence-electron chi connectivity index (χ3n) is 2.65. The van der Waals surface area contributed by atoms with E-state index in [0.717, 1.165) is 4.90 Å². The van der Waals surface area contributed by atoms with Crippen LogP contribution in [0.4, 0.5) is 18.0 Å². The molecular formula is C12H18F3NO3. The molecule has 0 spiro atoms. The van der Waals surface area contributed by atoms with E-state index in [2.05, 4.69) is 0 Å². The summed E-state index contributed by atoms with van der Waals surface area (Å²) in [7, 11) is 0. The molecule has 0 aromatic rings. The maximum Gasteiger partial charge on any atom is 0.417 e. The van der Waals surface area contributed by atoms with Gasteiger partial charge in [-0.05, 0) is 33.1 Å². The van der Waals surface area contributed by atoms with E-state index >= 15 is 0 Å². The lowest BCUT2D eigenvalue weighted by molar-refractivity contribution is -0.127. The van der Waals surface area contributed by atoms with E-state index in [0.29, 0.717) is 0 Å². The summed E-state index contributed by atoms with van der Waals surface area (Å²) < 4.78 is 42.1. The second kappa shape index (κ2) is 5.79. The van der Waals surface area contributed by atoms with Crippen molar-refractivity contribution in [3.8, 4) is 0 Å². The topological polar surface area (TPSA) is 46.6 Å². The maximum atomic E-state index is 12.9. The Bertz CT molecular complexity index is 355. The fourth-order valence-corrected chi connectivity index (χ4v) is 1.85. The van der Waals surface area contributed by atoms with Crippen molar-refractivity contribution in [1.82, 2.24) is 4.90 Å². The Morgan fingerprint density at radius 3 is 2.47 bits per heavy atom. The standard InChI is InChI=1S/C12H18F3NO3/c1-12(2,3)19-11(18)16-6-7(5-9(16)17)4-8(13)10(14)15/h7-8,10H,4-6H2,1-3H3. The minimum atomic E-state index is -3.06. The third-order valence-corrected chi connectivity index (χ3v) is 2.65. The minimum Gasteiger partial charge on any atom is -0.443 e. The highest BCUT2D eigenvalue weighted by molar-refractivity contribution is 5.93. The molecule has 0 radical (unpaired) electrons. The molecule has 1 aliphatic rings. The van der Waals surface area contributed by atoms with Crippen molar-refractivity contribution < 1.29 is 27.5 Å². The molecular weight excluding hydrogens is 263 g/mol. The van der Waals surface area contributed by atoms with Crippen LogP contribution < -0.4 is 0 Å². The van der Waals surface area contributed by atoms with Crippen LogP contribution in [-0.2, 0) is 9.53 Å². The summed E-state index contributed by atoms with van der Waals surface area (Å²) in [6.45, 7) is 4.88. The summed E-state index contributed by atoms with van der Waals surface area (Å²) in [5.41, 5.74) is -0.749. The highest BCUT2D eigenvalue weighted by atomic mass is 19.3. The predicted molar refractivity (Wildman–Crippen MR) is 61.6 cm³/mol. The first kappa shape index (κ1) is 15.8. The van der Waals surface area contributed by atoms with Gasteiger partial charge in [0, 0.05) is 13.0 Å².